The van der Waals surface area contributed by atoms with Gasteiger partial charge in [0.1, 0.15) is 58.2 Å². The van der Waals surface area contributed by atoms with Crippen LogP contribution in [0.25, 0.3) is 0 Å². The van der Waals surface area contributed by atoms with E-state index < -0.39 is 41.8 Å². The zero-order valence-corrected chi connectivity index (χ0v) is 20.8. The summed E-state index contributed by atoms with van der Waals surface area (Å²) in [5.74, 6) is -2.59. The van der Waals surface area contributed by atoms with Crippen LogP contribution >= 0.6 is 0 Å². The summed E-state index contributed by atoms with van der Waals surface area (Å²) in [4.78, 5) is 0. The van der Waals surface area contributed by atoms with Gasteiger partial charge >= 0.3 is 0 Å². The lowest BCUT2D eigenvalue weighted by atomic mass is 9.77. The van der Waals surface area contributed by atoms with E-state index in [1.165, 1.54) is 30.3 Å². The molecule has 6 rings (SSSR count). The van der Waals surface area contributed by atoms with Gasteiger partial charge in [-0.25, -0.2) is 0 Å². The third-order valence-electron chi connectivity index (χ3n) is 7.46. The van der Waals surface area contributed by atoms with Gasteiger partial charge in [-0.2, -0.15) is 0 Å². The number of hydrogen-bond acceptors (Lipinski definition) is 10. The summed E-state index contributed by atoms with van der Waals surface area (Å²) in [6.07, 6.45) is -4.61. The molecule has 4 aromatic rings. The predicted octanol–water partition coefficient (Wildman–Crippen LogP) is 3.58. The molecule has 0 fully saturated rings. The molecular weight excluding hydrogens is 520 g/mol. The van der Waals surface area contributed by atoms with Gasteiger partial charge < -0.3 is 50.3 Å². The van der Waals surface area contributed by atoms with Gasteiger partial charge in [-0.1, -0.05) is 24.3 Å². The van der Waals surface area contributed by atoms with Crippen LogP contribution in [0.15, 0.2) is 66.7 Å². The summed E-state index contributed by atoms with van der Waals surface area (Å²) in [5.41, 5.74) is 1.28. The molecule has 0 bridgehead atoms. The second kappa shape index (κ2) is 9.44. The maximum atomic E-state index is 11.7. The van der Waals surface area contributed by atoms with E-state index in [0.29, 0.717) is 11.1 Å². The number of rotatable bonds is 3. The van der Waals surface area contributed by atoms with E-state index in [9.17, 15) is 40.9 Å². The molecule has 10 heteroatoms. The highest BCUT2D eigenvalue weighted by Crippen LogP contribution is 2.57. The zero-order valence-electron chi connectivity index (χ0n) is 20.8. The van der Waals surface area contributed by atoms with Crippen molar-refractivity contribution in [1.29, 1.82) is 0 Å². The quantitative estimate of drug-likeness (QED) is 0.189. The third kappa shape index (κ3) is 4.14. The number of fused-ring (bicyclic) bond motifs is 2. The third-order valence-corrected chi connectivity index (χ3v) is 7.46. The Bertz CT molecular complexity index is 1580. The van der Waals surface area contributed by atoms with Crippen LogP contribution in [-0.2, 0) is 6.42 Å². The Morgan fingerprint density at radius 2 is 1.15 bits per heavy atom. The predicted molar refractivity (Wildman–Crippen MR) is 140 cm³/mol. The van der Waals surface area contributed by atoms with Crippen LogP contribution in [0.1, 0.15) is 45.9 Å². The fourth-order valence-electron chi connectivity index (χ4n) is 5.60. The van der Waals surface area contributed by atoms with Crippen molar-refractivity contribution in [2.45, 2.75) is 36.8 Å². The monoisotopic (exact) mass is 546 g/mol. The summed E-state index contributed by atoms with van der Waals surface area (Å²) < 4.78 is 12.3. The number of phenols is 6. The minimum atomic E-state index is -1.44. The molecule has 8 N–H and O–H groups in total. The summed E-state index contributed by atoms with van der Waals surface area (Å²) in [6.45, 7) is 0. The Labute approximate surface area is 227 Å². The van der Waals surface area contributed by atoms with E-state index in [4.69, 9.17) is 9.47 Å². The van der Waals surface area contributed by atoms with E-state index in [1.54, 1.807) is 24.3 Å². The standard InChI is InChI=1S/C30H26O10/c31-15-5-1-13(2-6-15)28-22(37)11-18-19(34)12-21(36)25(30(18)40-28)26-24-20(35)9-17(33)10-23(24)39-29(27(26)38)14-3-7-16(32)8-4-14/h1-10,12,22,26-29,31-38H,11H2/t22-,26+,27-,28-,29+/m0/s1. The lowest BCUT2D eigenvalue weighted by Crippen LogP contribution is -2.36. The lowest BCUT2D eigenvalue weighted by molar-refractivity contribution is 0.00124. The molecule has 2 aliphatic rings. The fraction of sp³-hybridized carbons (Fsp3) is 0.200. The molecular formula is C30H26O10. The van der Waals surface area contributed by atoms with Gasteiger partial charge in [0, 0.05) is 41.3 Å². The van der Waals surface area contributed by atoms with Gasteiger partial charge in [0.15, 0.2) is 6.10 Å². The number of benzene rings is 4. The second-order valence-electron chi connectivity index (χ2n) is 10.0. The Balaban J connectivity index is 1.55. The van der Waals surface area contributed by atoms with Crippen LogP contribution in [0.5, 0.6) is 46.0 Å². The molecule has 10 nitrogen and oxygen atoms in total. The van der Waals surface area contributed by atoms with Crippen LogP contribution < -0.4 is 9.47 Å². The summed E-state index contributed by atoms with van der Waals surface area (Å²) in [7, 11) is 0. The van der Waals surface area contributed by atoms with Gasteiger partial charge in [-0.3, -0.25) is 0 Å². The summed E-state index contributed by atoms with van der Waals surface area (Å²) >= 11 is 0. The number of aliphatic hydroxyl groups is 2. The zero-order chi connectivity index (χ0) is 28.3. The molecule has 0 amide bonds. The first kappa shape index (κ1) is 25.5. The normalized spacial score (nSPS) is 23.4. The Morgan fingerprint density at radius 3 is 1.77 bits per heavy atom. The van der Waals surface area contributed by atoms with Crippen molar-refractivity contribution < 1.29 is 50.3 Å². The smallest absolute Gasteiger partial charge is 0.150 e. The van der Waals surface area contributed by atoms with Crippen molar-refractivity contribution in [2.75, 3.05) is 0 Å². The van der Waals surface area contributed by atoms with Gasteiger partial charge in [-0.15, -0.1) is 0 Å². The van der Waals surface area contributed by atoms with E-state index in [0.717, 1.165) is 12.1 Å². The van der Waals surface area contributed by atoms with Gasteiger partial charge in [-0.05, 0) is 35.4 Å². The molecule has 0 aromatic heterocycles. The van der Waals surface area contributed by atoms with Crippen LogP contribution in [0.3, 0.4) is 0 Å². The molecule has 0 unspecified atom stereocenters. The molecule has 5 atom stereocenters. The Kier molecular flexibility index (Phi) is 6.01. The van der Waals surface area contributed by atoms with Crippen LogP contribution in [0.4, 0.5) is 0 Å². The minimum Gasteiger partial charge on any atom is -0.508 e. The minimum absolute atomic E-state index is 0.00114. The molecule has 0 saturated carbocycles. The van der Waals surface area contributed by atoms with Crippen molar-refractivity contribution in [1.82, 2.24) is 0 Å². The topological polar surface area (TPSA) is 180 Å². The lowest BCUT2D eigenvalue weighted by Gasteiger charge is -2.40. The van der Waals surface area contributed by atoms with Crippen molar-refractivity contribution in [2.24, 2.45) is 0 Å². The van der Waals surface area contributed by atoms with Gasteiger partial charge in [0.05, 0.1) is 12.0 Å². The average molecular weight is 547 g/mol. The summed E-state index contributed by atoms with van der Waals surface area (Å²) in [5, 5.41) is 85.1. The first-order valence-corrected chi connectivity index (χ1v) is 12.5. The second-order valence-corrected chi connectivity index (χ2v) is 10.0. The molecule has 0 saturated heterocycles. The largest absolute Gasteiger partial charge is 0.508 e. The molecule has 2 aliphatic heterocycles. The Morgan fingerprint density at radius 1 is 0.575 bits per heavy atom. The first-order chi connectivity index (χ1) is 19.1. The number of aliphatic hydroxyl groups excluding tert-OH is 2. The SMILES string of the molecule is Oc1ccc([C@H]2Oc3cc(O)cc(O)c3[C@H](c3c(O)cc(O)c4c3O[C@@H](c3ccc(O)cc3)[C@@H](O)C4)[C@@H]2O)cc1. The molecule has 4 aromatic carbocycles. The number of aromatic hydroxyl groups is 6. The first-order valence-electron chi connectivity index (χ1n) is 12.5. The van der Waals surface area contributed by atoms with Crippen molar-refractivity contribution in [3.05, 3.63) is 94.5 Å². The molecule has 0 aliphatic carbocycles. The molecule has 40 heavy (non-hydrogen) atoms. The highest BCUT2D eigenvalue weighted by atomic mass is 16.5. The number of ether oxygens (including phenoxy) is 2. The summed E-state index contributed by atoms with van der Waals surface area (Å²) in [6, 6.07) is 15.4. The number of hydrogen-bond donors (Lipinski definition) is 8. The average Bonchev–Trinajstić information content (AvgIpc) is 2.91. The maximum Gasteiger partial charge on any atom is 0.150 e. The van der Waals surface area contributed by atoms with E-state index in [-0.39, 0.29) is 57.6 Å². The van der Waals surface area contributed by atoms with E-state index in [1.807, 2.05) is 0 Å². The van der Waals surface area contributed by atoms with Gasteiger partial charge in [0.2, 0.25) is 0 Å². The number of phenolic OH excluding ortho intramolecular Hbond substituents is 6. The van der Waals surface area contributed by atoms with Crippen molar-refractivity contribution >= 4 is 0 Å². The molecule has 0 spiro atoms. The maximum absolute atomic E-state index is 11.7. The van der Waals surface area contributed by atoms with Crippen molar-refractivity contribution in [3.63, 3.8) is 0 Å². The highest BCUT2D eigenvalue weighted by Gasteiger charge is 2.46. The fourth-order valence-corrected chi connectivity index (χ4v) is 5.60. The van der Waals surface area contributed by atoms with Crippen molar-refractivity contribution in [3.8, 4) is 46.0 Å². The van der Waals surface area contributed by atoms with E-state index in [2.05, 4.69) is 0 Å². The molecule has 2 heterocycles. The van der Waals surface area contributed by atoms with Crippen LogP contribution in [0.2, 0.25) is 0 Å². The Hall–Kier alpha value is -4.80. The molecule has 0 radical (unpaired) electrons. The van der Waals surface area contributed by atoms with Crippen LogP contribution in [0, 0.1) is 0 Å². The van der Waals surface area contributed by atoms with Crippen LogP contribution in [-0.4, -0.2) is 53.1 Å². The van der Waals surface area contributed by atoms with E-state index >= 15 is 0 Å². The van der Waals surface area contributed by atoms with Gasteiger partial charge in [0.25, 0.3) is 0 Å². The molecule has 206 valence electrons. The highest BCUT2D eigenvalue weighted by molar-refractivity contribution is 5.65.